The standard InChI is InChI=1S/C15H13BrF3NO/c1-21-14-8-11(6-7-13(14)16)20-9-10-4-2-3-5-12(10)15(17,18)19/h2-8,20H,9H2,1H3. The Morgan fingerprint density at radius 1 is 1.14 bits per heavy atom. The summed E-state index contributed by atoms with van der Waals surface area (Å²) in [5.74, 6) is 0.615. The SMILES string of the molecule is COc1cc(NCc2ccccc2C(F)(F)F)ccc1Br. The molecule has 0 radical (unpaired) electrons. The van der Waals surface area contributed by atoms with E-state index < -0.39 is 11.7 Å². The summed E-state index contributed by atoms with van der Waals surface area (Å²) in [6.07, 6.45) is -4.35. The molecule has 2 rings (SSSR count). The van der Waals surface area contributed by atoms with Gasteiger partial charge in [0.2, 0.25) is 0 Å². The molecule has 0 aromatic heterocycles. The first-order valence-corrected chi connectivity index (χ1v) is 6.93. The van der Waals surface area contributed by atoms with Gasteiger partial charge in [0, 0.05) is 18.3 Å². The first-order valence-electron chi connectivity index (χ1n) is 6.14. The average molecular weight is 360 g/mol. The molecule has 0 aliphatic heterocycles. The molecule has 0 unspecified atom stereocenters. The smallest absolute Gasteiger partial charge is 0.416 e. The molecule has 0 saturated carbocycles. The van der Waals surface area contributed by atoms with Crippen molar-refractivity contribution in [1.29, 1.82) is 0 Å². The Kier molecular flexibility index (Phi) is 4.77. The molecule has 0 spiro atoms. The number of halogens is 4. The minimum Gasteiger partial charge on any atom is -0.495 e. The maximum atomic E-state index is 12.9. The van der Waals surface area contributed by atoms with Crippen molar-refractivity contribution in [3.05, 3.63) is 58.1 Å². The summed E-state index contributed by atoms with van der Waals surface area (Å²) in [5.41, 5.74) is 0.264. The summed E-state index contributed by atoms with van der Waals surface area (Å²) in [6.45, 7) is 0.0838. The Bertz CT molecular complexity index is 629. The number of hydrogen-bond acceptors (Lipinski definition) is 2. The minimum absolute atomic E-state index is 0.0838. The summed E-state index contributed by atoms with van der Waals surface area (Å²) in [6, 6.07) is 10.8. The lowest BCUT2D eigenvalue weighted by molar-refractivity contribution is -0.138. The third-order valence-corrected chi connectivity index (χ3v) is 3.61. The van der Waals surface area contributed by atoms with Crippen LogP contribution in [0.3, 0.4) is 0 Å². The molecule has 0 amide bonds. The van der Waals surface area contributed by atoms with Gasteiger partial charge in [0.1, 0.15) is 5.75 Å². The van der Waals surface area contributed by atoms with Crippen molar-refractivity contribution < 1.29 is 17.9 Å². The maximum absolute atomic E-state index is 12.9. The Morgan fingerprint density at radius 3 is 2.52 bits per heavy atom. The van der Waals surface area contributed by atoms with Crippen LogP contribution in [-0.4, -0.2) is 7.11 Å². The Labute approximate surface area is 129 Å². The van der Waals surface area contributed by atoms with E-state index in [1.807, 2.05) is 0 Å². The molecule has 6 heteroatoms. The predicted octanol–water partition coefficient (Wildman–Crippen LogP) is 5.09. The number of benzene rings is 2. The van der Waals surface area contributed by atoms with Gasteiger partial charge in [-0.25, -0.2) is 0 Å². The Balaban J connectivity index is 2.17. The highest BCUT2D eigenvalue weighted by molar-refractivity contribution is 9.10. The fraction of sp³-hybridized carbons (Fsp3) is 0.200. The normalized spacial score (nSPS) is 11.3. The number of hydrogen-bond donors (Lipinski definition) is 1. The number of alkyl halides is 3. The second-order valence-corrected chi connectivity index (χ2v) is 5.21. The van der Waals surface area contributed by atoms with E-state index in [1.54, 1.807) is 24.3 Å². The van der Waals surface area contributed by atoms with E-state index >= 15 is 0 Å². The van der Waals surface area contributed by atoms with Crippen LogP contribution in [0.2, 0.25) is 0 Å². The summed E-state index contributed by atoms with van der Waals surface area (Å²) in [5, 5.41) is 2.97. The van der Waals surface area contributed by atoms with Gasteiger partial charge in [0.25, 0.3) is 0 Å². The summed E-state index contributed by atoms with van der Waals surface area (Å²) < 4.78 is 44.6. The van der Waals surface area contributed by atoms with Gasteiger partial charge in [0.05, 0.1) is 17.1 Å². The van der Waals surface area contributed by atoms with Crippen molar-refractivity contribution in [2.75, 3.05) is 12.4 Å². The third kappa shape index (κ3) is 3.91. The topological polar surface area (TPSA) is 21.3 Å². The van der Waals surface area contributed by atoms with Crippen LogP contribution in [0.4, 0.5) is 18.9 Å². The average Bonchev–Trinajstić information content (AvgIpc) is 2.45. The number of anilines is 1. The molecule has 0 fully saturated rings. The third-order valence-electron chi connectivity index (χ3n) is 2.96. The van der Waals surface area contributed by atoms with Gasteiger partial charge in [-0.15, -0.1) is 0 Å². The zero-order chi connectivity index (χ0) is 15.5. The van der Waals surface area contributed by atoms with Gasteiger partial charge >= 0.3 is 6.18 Å². The van der Waals surface area contributed by atoms with E-state index in [9.17, 15) is 13.2 Å². The largest absolute Gasteiger partial charge is 0.495 e. The maximum Gasteiger partial charge on any atom is 0.416 e. The predicted molar refractivity (Wildman–Crippen MR) is 79.5 cm³/mol. The van der Waals surface area contributed by atoms with E-state index in [2.05, 4.69) is 21.2 Å². The molecule has 21 heavy (non-hydrogen) atoms. The zero-order valence-electron chi connectivity index (χ0n) is 11.2. The van der Waals surface area contributed by atoms with E-state index in [0.717, 1.165) is 10.5 Å². The van der Waals surface area contributed by atoms with Crippen LogP contribution in [0.1, 0.15) is 11.1 Å². The zero-order valence-corrected chi connectivity index (χ0v) is 12.8. The quantitative estimate of drug-likeness (QED) is 0.820. The summed E-state index contributed by atoms with van der Waals surface area (Å²) >= 11 is 3.32. The van der Waals surface area contributed by atoms with E-state index in [-0.39, 0.29) is 12.1 Å². The molecule has 1 N–H and O–H groups in total. The highest BCUT2D eigenvalue weighted by Gasteiger charge is 2.32. The van der Waals surface area contributed by atoms with Crippen molar-refractivity contribution >= 4 is 21.6 Å². The first kappa shape index (κ1) is 15.7. The van der Waals surface area contributed by atoms with Crippen molar-refractivity contribution in [3.63, 3.8) is 0 Å². The van der Waals surface area contributed by atoms with Crippen LogP contribution in [0.5, 0.6) is 5.75 Å². The monoisotopic (exact) mass is 359 g/mol. The minimum atomic E-state index is -4.35. The fourth-order valence-corrected chi connectivity index (χ4v) is 2.33. The Hall–Kier alpha value is -1.69. The van der Waals surface area contributed by atoms with Gasteiger partial charge in [-0.05, 0) is 39.7 Å². The number of nitrogens with one attached hydrogen (secondary N) is 1. The van der Waals surface area contributed by atoms with Crippen molar-refractivity contribution in [2.45, 2.75) is 12.7 Å². The van der Waals surface area contributed by atoms with Gasteiger partial charge in [-0.3, -0.25) is 0 Å². The molecule has 0 aliphatic carbocycles. The lowest BCUT2D eigenvalue weighted by Gasteiger charge is -2.14. The van der Waals surface area contributed by atoms with Crippen LogP contribution >= 0.6 is 15.9 Å². The second-order valence-electron chi connectivity index (χ2n) is 4.36. The van der Waals surface area contributed by atoms with Crippen molar-refractivity contribution in [1.82, 2.24) is 0 Å². The molecule has 0 aliphatic rings. The van der Waals surface area contributed by atoms with Crippen LogP contribution in [0.15, 0.2) is 46.9 Å². The molecule has 0 bridgehead atoms. The molecular formula is C15H13BrF3NO. The number of ether oxygens (including phenoxy) is 1. The van der Waals surface area contributed by atoms with E-state index in [1.165, 1.54) is 19.2 Å². The molecule has 2 nitrogen and oxygen atoms in total. The summed E-state index contributed by atoms with van der Waals surface area (Å²) in [7, 11) is 1.53. The van der Waals surface area contributed by atoms with E-state index in [4.69, 9.17) is 4.74 Å². The summed E-state index contributed by atoms with van der Waals surface area (Å²) in [4.78, 5) is 0. The molecule has 2 aromatic carbocycles. The molecule has 0 atom stereocenters. The fourth-order valence-electron chi connectivity index (χ4n) is 1.92. The van der Waals surface area contributed by atoms with Crippen LogP contribution in [0, 0.1) is 0 Å². The van der Waals surface area contributed by atoms with Gasteiger partial charge in [-0.1, -0.05) is 18.2 Å². The van der Waals surface area contributed by atoms with Gasteiger partial charge in [-0.2, -0.15) is 13.2 Å². The lowest BCUT2D eigenvalue weighted by atomic mass is 10.1. The molecular weight excluding hydrogens is 347 g/mol. The molecule has 0 heterocycles. The van der Waals surface area contributed by atoms with Crippen molar-refractivity contribution in [2.24, 2.45) is 0 Å². The van der Waals surface area contributed by atoms with Gasteiger partial charge in [0.15, 0.2) is 0 Å². The van der Waals surface area contributed by atoms with Crippen LogP contribution in [0.25, 0.3) is 0 Å². The number of methoxy groups -OCH3 is 1. The van der Waals surface area contributed by atoms with Crippen LogP contribution < -0.4 is 10.1 Å². The Morgan fingerprint density at radius 2 is 1.86 bits per heavy atom. The molecule has 2 aromatic rings. The van der Waals surface area contributed by atoms with E-state index in [0.29, 0.717) is 11.4 Å². The molecule has 0 saturated heterocycles. The molecule has 112 valence electrons. The van der Waals surface area contributed by atoms with Crippen molar-refractivity contribution in [3.8, 4) is 5.75 Å². The highest BCUT2D eigenvalue weighted by Crippen LogP contribution is 2.32. The first-order chi connectivity index (χ1) is 9.91. The van der Waals surface area contributed by atoms with Gasteiger partial charge < -0.3 is 10.1 Å². The second kappa shape index (κ2) is 6.39. The highest BCUT2D eigenvalue weighted by atomic mass is 79.9. The lowest BCUT2D eigenvalue weighted by Crippen LogP contribution is -2.11. The van der Waals surface area contributed by atoms with Crippen LogP contribution in [-0.2, 0) is 12.7 Å². The number of rotatable bonds is 4.